The topological polar surface area (TPSA) is 74.6 Å². The molecule has 0 spiro atoms. The highest BCUT2D eigenvalue weighted by molar-refractivity contribution is 5.90. The molecule has 4 nitrogen and oxygen atoms in total. The lowest BCUT2D eigenvalue weighted by Crippen LogP contribution is -2.54. The van der Waals surface area contributed by atoms with E-state index in [-0.39, 0.29) is 0 Å². The van der Waals surface area contributed by atoms with Crippen molar-refractivity contribution in [2.75, 3.05) is 0 Å². The molecule has 0 heterocycles. The van der Waals surface area contributed by atoms with Gasteiger partial charge in [0.1, 0.15) is 5.41 Å². The summed E-state index contributed by atoms with van der Waals surface area (Å²) in [5, 5.41) is 18.3. The summed E-state index contributed by atoms with van der Waals surface area (Å²) in [7, 11) is 0. The summed E-state index contributed by atoms with van der Waals surface area (Å²) in [5.41, 5.74) is -0.645. The summed E-state index contributed by atoms with van der Waals surface area (Å²) >= 11 is 0. The fourth-order valence-electron chi connectivity index (χ4n) is 2.37. The Morgan fingerprint density at radius 1 is 1.19 bits per heavy atom. The molecule has 1 aromatic carbocycles. The van der Waals surface area contributed by atoms with Gasteiger partial charge in [-0.05, 0) is 18.4 Å². The number of benzene rings is 1. The molecule has 1 aliphatic carbocycles. The van der Waals surface area contributed by atoms with E-state index in [4.69, 9.17) is 5.11 Å². The molecular formula is C12H12O4. The van der Waals surface area contributed by atoms with Crippen molar-refractivity contribution >= 4 is 11.9 Å². The predicted octanol–water partition coefficient (Wildman–Crippen LogP) is 1.50. The molecule has 4 heteroatoms. The monoisotopic (exact) mass is 220 g/mol. The first kappa shape index (κ1) is 10.7. The molecule has 2 unspecified atom stereocenters. The van der Waals surface area contributed by atoms with E-state index in [0.29, 0.717) is 18.4 Å². The highest BCUT2D eigenvalue weighted by Gasteiger charge is 2.57. The second-order valence-corrected chi connectivity index (χ2v) is 4.07. The van der Waals surface area contributed by atoms with E-state index in [2.05, 4.69) is 0 Å². The largest absolute Gasteiger partial charge is 0.481 e. The molecule has 0 aromatic heterocycles. The quantitative estimate of drug-likeness (QED) is 0.809. The molecule has 16 heavy (non-hydrogen) atoms. The average molecular weight is 220 g/mol. The number of carbonyl (C=O) groups is 2. The molecule has 1 fully saturated rings. The molecule has 0 radical (unpaired) electrons. The molecule has 0 saturated heterocycles. The molecule has 1 saturated carbocycles. The van der Waals surface area contributed by atoms with Crippen molar-refractivity contribution < 1.29 is 19.8 Å². The van der Waals surface area contributed by atoms with E-state index in [0.717, 1.165) is 0 Å². The van der Waals surface area contributed by atoms with Gasteiger partial charge in [-0.25, -0.2) is 0 Å². The Bertz CT molecular complexity index is 426. The highest BCUT2D eigenvalue weighted by Crippen LogP contribution is 2.49. The summed E-state index contributed by atoms with van der Waals surface area (Å²) < 4.78 is 0. The summed E-state index contributed by atoms with van der Waals surface area (Å²) in [4.78, 5) is 22.4. The van der Waals surface area contributed by atoms with Gasteiger partial charge in [-0.15, -0.1) is 0 Å². The van der Waals surface area contributed by atoms with Gasteiger partial charge in [0.25, 0.3) is 0 Å². The minimum atomic E-state index is -1.23. The maximum atomic E-state index is 11.4. The zero-order chi connectivity index (χ0) is 11.8. The highest BCUT2D eigenvalue weighted by atomic mass is 16.4. The summed E-state index contributed by atoms with van der Waals surface area (Å²) in [6, 6.07) is 8.62. The SMILES string of the molecule is O=C(O)C1CCC1(C(=O)O)c1ccccc1. The van der Waals surface area contributed by atoms with Crippen LogP contribution in [-0.2, 0) is 15.0 Å². The molecule has 1 aromatic rings. The molecule has 0 bridgehead atoms. The minimum Gasteiger partial charge on any atom is -0.481 e. The lowest BCUT2D eigenvalue weighted by atomic mass is 9.56. The molecule has 0 amide bonds. The maximum absolute atomic E-state index is 11.4. The van der Waals surface area contributed by atoms with Crippen molar-refractivity contribution in [2.45, 2.75) is 18.3 Å². The number of aliphatic carboxylic acids is 2. The van der Waals surface area contributed by atoms with Gasteiger partial charge in [0.15, 0.2) is 0 Å². The van der Waals surface area contributed by atoms with Crippen LogP contribution in [0.5, 0.6) is 0 Å². The van der Waals surface area contributed by atoms with E-state index in [1.165, 1.54) is 0 Å². The van der Waals surface area contributed by atoms with Crippen LogP contribution in [0.3, 0.4) is 0 Å². The minimum absolute atomic E-state index is 0.392. The van der Waals surface area contributed by atoms with Crippen molar-refractivity contribution in [3.8, 4) is 0 Å². The third kappa shape index (κ3) is 1.30. The van der Waals surface area contributed by atoms with E-state index in [1.54, 1.807) is 30.3 Å². The van der Waals surface area contributed by atoms with Crippen molar-refractivity contribution in [3.63, 3.8) is 0 Å². The molecule has 2 rings (SSSR count). The van der Waals surface area contributed by atoms with Gasteiger partial charge in [-0.3, -0.25) is 9.59 Å². The summed E-state index contributed by atoms with van der Waals surface area (Å²) in [6.07, 6.45) is 0.819. The number of rotatable bonds is 3. The molecule has 2 N–H and O–H groups in total. The molecule has 84 valence electrons. The Kier molecular flexibility index (Phi) is 2.42. The fourth-order valence-corrected chi connectivity index (χ4v) is 2.37. The van der Waals surface area contributed by atoms with Crippen LogP contribution in [-0.4, -0.2) is 22.2 Å². The lowest BCUT2D eigenvalue weighted by molar-refractivity contribution is -0.164. The molecule has 1 aliphatic rings. The van der Waals surface area contributed by atoms with Crippen molar-refractivity contribution in [2.24, 2.45) is 5.92 Å². The summed E-state index contributed by atoms with van der Waals surface area (Å²) in [5.74, 6) is -2.89. The van der Waals surface area contributed by atoms with E-state index < -0.39 is 23.3 Å². The molecule has 2 atom stereocenters. The van der Waals surface area contributed by atoms with E-state index in [1.807, 2.05) is 0 Å². The van der Waals surface area contributed by atoms with Gasteiger partial charge in [0.05, 0.1) is 5.92 Å². The van der Waals surface area contributed by atoms with Crippen molar-refractivity contribution in [3.05, 3.63) is 35.9 Å². The van der Waals surface area contributed by atoms with Crippen LogP contribution in [0.2, 0.25) is 0 Å². The van der Waals surface area contributed by atoms with Crippen molar-refractivity contribution in [1.82, 2.24) is 0 Å². The maximum Gasteiger partial charge on any atom is 0.315 e. The van der Waals surface area contributed by atoms with Gasteiger partial charge in [-0.1, -0.05) is 30.3 Å². The van der Waals surface area contributed by atoms with Crippen LogP contribution < -0.4 is 0 Å². The predicted molar refractivity (Wildman–Crippen MR) is 56.1 cm³/mol. The second kappa shape index (κ2) is 3.63. The average Bonchev–Trinajstić information content (AvgIpc) is 2.16. The van der Waals surface area contributed by atoms with Crippen LogP contribution in [0.25, 0.3) is 0 Å². The van der Waals surface area contributed by atoms with Gasteiger partial charge in [0, 0.05) is 0 Å². The normalized spacial score (nSPS) is 28.1. The third-order valence-corrected chi connectivity index (χ3v) is 3.39. The number of hydrogen-bond donors (Lipinski definition) is 2. The number of carboxylic acids is 2. The zero-order valence-corrected chi connectivity index (χ0v) is 8.59. The van der Waals surface area contributed by atoms with Gasteiger partial charge < -0.3 is 10.2 Å². The Balaban J connectivity index is 2.46. The van der Waals surface area contributed by atoms with Crippen LogP contribution in [0.4, 0.5) is 0 Å². The number of hydrogen-bond acceptors (Lipinski definition) is 2. The zero-order valence-electron chi connectivity index (χ0n) is 8.59. The van der Waals surface area contributed by atoms with E-state index >= 15 is 0 Å². The second-order valence-electron chi connectivity index (χ2n) is 4.07. The molecule has 0 aliphatic heterocycles. The standard InChI is InChI=1S/C12H12O4/c13-10(14)9-6-7-12(9,11(15)16)8-4-2-1-3-5-8/h1-5,9H,6-7H2,(H,13,14)(H,15,16). The van der Waals surface area contributed by atoms with Crippen LogP contribution >= 0.6 is 0 Å². The Morgan fingerprint density at radius 2 is 1.81 bits per heavy atom. The van der Waals surface area contributed by atoms with Crippen LogP contribution in [0.1, 0.15) is 18.4 Å². The Labute approximate surface area is 92.5 Å². The smallest absolute Gasteiger partial charge is 0.315 e. The summed E-state index contributed by atoms with van der Waals surface area (Å²) in [6.45, 7) is 0. The fraction of sp³-hybridized carbons (Fsp3) is 0.333. The Morgan fingerprint density at radius 3 is 2.19 bits per heavy atom. The Hall–Kier alpha value is -1.84. The van der Waals surface area contributed by atoms with Crippen LogP contribution in [0, 0.1) is 5.92 Å². The first-order valence-electron chi connectivity index (χ1n) is 5.11. The molecular weight excluding hydrogens is 208 g/mol. The first-order chi connectivity index (χ1) is 7.59. The van der Waals surface area contributed by atoms with Gasteiger partial charge >= 0.3 is 11.9 Å². The third-order valence-electron chi connectivity index (χ3n) is 3.39. The first-order valence-corrected chi connectivity index (χ1v) is 5.11. The number of carboxylic acid groups (broad SMARTS) is 2. The van der Waals surface area contributed by atoms with E-state index in [9.17, 15) is 14.7 Å². The van der Waals surface area contributed by atoms with Crippen LogP contribution in [0.15, 0.2) is 30.3 Å². The lowest BCUT2D eigenvalue weighted by Gasteiger charge is -2.43. The van der Waals surface area contributed by atoms with Crippen molar-refractivity contribution in [1.29, 1.82) is 0 Å². The van der Waals surface area contributed by atoms with Gasteiger partial charge in [-0.2, -0.15) is 0 Å². The van der Waals surface area contributed by atoms with Gasteiger partial charge in [0.2, 0.25) is 0 Å².